The van der Waals surface area contributed by atoms with Crippen LogP contribution in [0.2, 0.25) is 0 Å². The zero-order valence-corrected chi connectivity index (χ0v) is 31.5. The fourth-order valence-electron chi connectivity index (χ4n) is 9.74. The first kappa shape index (κ1) is 32.6. The van der Waals surface area contributed by atoms with Crippen molar-refractivity contribution in [2.45, 2.75) is 5.41 Å². The van der Waals surface area contributed by atoms with Crippen LogP contribution in [0.1, 0.15) is 22.3 Å². The molecular weight excluding hydrogens is 707 g/mol. The third kappa shape index (κ3) is 4.62. The van der Waals surface area contributed by atoms with Crippen molar-refractivity contribution in [2.75, 3.05) is 4.90 Å². The number of fused-ring (bicyclic) bond motifs is 9. The molecule has 0 atom stereocenters. The van der Waals surface area contributed by atoms with Crippen LogP contribution in [-0.2, 0) is 5.41 Å². The fraction of sp³-hybridized carbons (Fsp3) is 0.0182. The number of furan rings is 2. The van der Waals surface area contributed by atoms with Gasteiger partial charge in [-0.05, 0) is 69.8 Å². The SMILES string of the molecule is c1ccc(C2(c3ccccc3)c3ccccc3-c3c(N(c4ccc(-c5cccc6c5oc5ccccc56)cc4)c4cccc5c4oc4ccccc45)cccc32)cc1. The van der Waals surface area contributed by atoms with E-state index in [-0.39, 0.29) is 0 Å². The molecule has 1 aliphatic carbocycles. The summed E-state index contributed by atoms with van der Waals surface area (Å²) in [5.74, 6) is 0. The minimum Gasteiger partial charge on any atom is -0.455 e. The molecule has 3 heteroatoms. The lowest BCUT2D eigenvalue weighted by atomic mass is 9.68. The zero-order chi connectivity index (χ0) is 38.2. The maximum absolute atomic E-state index is 6.79. The summed E-state index contributed by atoms with van der Waals surface area (Å²) in [6, 6.07) is 76.2. The average molecular weight is 742 g/mol. The molecule has 0 fully saturated rings. The number of hydrogen-bond donors (Lipinski definition) is 0. The molecule has 2 heterocycles. The highest BCUT2D eigenvalue weighted by atomic mass is 16.3. The molecule has 0 spiro atoms. The summed E-state index contributed by atoms with van der Waals surface area (Å²) in [5.41, 5.74) is 15.6. The first-order chi connectivity index (χ1) is 28.8. The first-order valence-electron chi connectivity index (χ1n) is 19.8. The molecule has 2 aromatic heterocycles. The van der Waals surface area contributed by atoms with Crippen LogP contribution in [0.3, 0.4) is 0 Å². The molecule has 9 aromatic carbocycles. The van der Waals surface area contributed by atoms with Crippen LogP contribution < -0.4 is 4.90 Å². The second-order valence-corrected chi connectivity index (χ2v) is 15.1. The Morgan fingerprint density at radius 2 is 0.845 bits per heavy atom. The highest BCUT2D eigenvalue weighted by Crippen LogP contribution is 2.60. The molecule has 272 valence electrons. The standard InChI is InChI=1S/C55H35NO2/c1-3-16-37(17-4-1)55(38-18-5-2-6-19-38)46-26-10-7-22-45(46)52-47(55)27-15-28-48(52)56(49-29-14-25-44-42-21-9-12-31-51(42)58-54(44)49)39-34-32-36(33-35-39)40-23-13-24-43-41-20-8-11-30-50(41)57-53(40)43/h1-35H. The van der Waals surface area contributed by atoms with E-state index in [0.29, 0.717) is 0 Å². The Hall–Kier alpha value is -7.62. The van der Waals surface area contributed by atoms with Gasteiger partial charge < -0.3 is 13.7 Å². The van der Waals surface area contributed by atoms with Gasteiger partial charge in [-0.1, -0.05) is 176 Å². The van der Waals surface area contributed by atoms with E-state index < -0.39 is 5.41 Å². The van der Waals surface area contributed by atoms with E-state index in [1.54, 1.807) is 0 Å². The van der Waals surface area contributed by atoms with E-state index >= 15 is 0 Å². The molecule has 0 N–H and O–H groups in total. The predicted molar refractivity (Wildman–Crippen MR) is 238 cm³/mol. The van der Waals surface area contributed by atoms with Crippen molar-refractivity contribution in [1.29, 1.82) is 0 Å². The van der Waals surface area contributed by atoms with Crippen LogP contribution in [0, 0.1) is 0 Å². The largest absolute Gasteiger partial charge is 0.455 e. The maximum Gasteiger partial charge on any atom is 0.159 e. The summed E-state index contributed by atoms with van der Waals surface area (Å²) in [7, 11) is 0. The lowest BCUT2D eigenvalue weighted by molar-refractivity contribution is 0.669. The van der Waals surface area contributed by atoms with Gasteiger partial charge in [-0.3, -0.25) is 0 Å². The summed E-state index contributed by atoms with van der Waals surface area (Å²) in [5, 5.41) is 4.43. The van der Waals surface area contributed by atoms with Crippen molar-refractivity contribution in [2.24, 2.45) is 0 Å². The lowest BCUT2D eigenvalue weighted by Crippen LogP contribution is -2.28. The number of nitrogens with zero attached hydrogens (tertiary/aromatic N) is 1. The topological polar surface area (TPSA) is 29.5 Å². The van der Waals surface area contributed by atoms with Gasteiger partial charge in [0.2, 0.25) is 0 Å². The molecule has 11 aromatic rings. The highest BCUT2D eigenvalue weighted by Gasteiger charge is 2.47. The molecular formula is C55H35NO2. The molecule has 0 saturated carbocycles. The second kappa shape index (κ2) is 12.7. The van der Waals surface area contributed by atoms with E-state index in [2.05, 4.69) is 199 Å². The van der Waals surface area contributed by atoms with Gasteiger partial charge >= 0.3 is 0 Å². The fourth-order valence-corrected chi connectivity index (χ4v) is 9.74. The third-order valence-electron chi connectivity index (χ3n) is 12.2. The average Bonchev–Trinajstić information content (AvgIpc) is 3.97. The van der Waals surface area contributed by atoms with Crippen molar-refractivity contribution in [3.8, 4) is 22.3 Å². The van der Waals surface area contributed by atoms with Crippen LogP contribution in [0.25, 0.3) is 66.1 Å². The van der Waals surface area contributed by atoms with E-state index in [1.165, 1.54) is 33.4 Å². The van der Waals surface area contributed by atoms with Crippen molar-refractivity contribution in [3.05, 3.63) is 235 Å². The quantitative estimate of drug-likeness (QED) is 0.170. The lowest BCUT2D eigenvalue weighted by Gasteiger charge is -2.34. The van der Waals surface area contributed by atoms with Crippen LogP contribution >= 0.6 is 0 Å². The van der Waals surface area contributed by atoms with Gasteiger partial charge in [-0.25, -0.2) is 0 Å². The Labute approximate surface area is 335 Å². The van der Waals surface area contributed by atoms with Crippen LogP contribution in [-0.4, -0.2) is 0 Å². The molecule has 1 aliphatic rings. The van der Waals surface area contributed by atoms with Gasteiger partial charge in [0.25, 0.3) is 0 Å². The second-order valence-electron chi connectivity index (χ2n) is 15.1. The number of rotatable bonds is 6. The molecule has 0 unspecified atom stereocenters. The van der Waals surface area contributed by atoms with E-state index in [9.17, 15) is 0 Å². The Morgan fingerprint density at radius 1 is 0.345 bits per heavy atom. The monoisotopic (exact) mass is 741 g/mol. The third-order valence-corrected chi connectivity index (χ3v) is 12.2. The van der Waals surface area contributed by atoms with Crippen LogP contribution in [0.5, 0.6) is 0 Å². The summed E-state index contributed by atoms with van der Waals surface area (Å²) in [6.45, 7) is 0. The number of hydrogen-bond acceptors (Lipinski definition) is 3. The maximum atomic E-state index is 6.79. The predicted octanol–water partition coefficient (Wildman–Crippen LogP) is 15.0. The van der Waals surface area contributed by atoms with Gasteiger partial charge in [0, 0.05) is 38.4 Å². The minimum atomic E-state index is -0.531. The van der Waals surface area contributed by atoms with Gasteiger partial charge in [0.1, 0.15) is 16.7 Å². The summed E-state index contributed by atoms with van der Waals surface area (Å²) in [4.78, 5) is 2.40. The smallest absolute Gasteiger partial charge is 0.159 e. The normalized spacial score (nSPS) is 13.0. The number of benzene rings is 9. The van der Waals surface area contributed by atoms with Crippen LogP contribution in [0.4, 0.5) is 17.1 Å². The van der Waals surface area contributed by atoms with Crippen molar-refractivity contribution >= 4 is 60.9 Å². The van der Waals surface area contributed by atoms with Gasteiger partial charge in [-0.15, -0.1) is 0 Å². The summed E-state index contributed by atoms with van der Waals surface area (Å²) >= 11 is 0. The number of para-hydroxylation sites is 4. The molecule has 12 rings (SSSR count). The minimum absolute atomic E-state index is 0.531. The number of anilines is 3. The Bertz CT molecular complexity index is 3300. The Kier molecular flexibility index (Phi) is 7.14. The van der Waals surface area contributed by atoms with Crippen molar-refractivity contribution in [3.63, 3.8) is 0 Å². The molecule has 0 aliphatic heterocycles. The van der Waals surface area contributed by atoms with Crippen LogP contribution in [0.15, 0.2) is 221 Å². The van der Waals surface area contributed by atoms with Gasteiger partial charge in [0.05, 0.1) is 16.8 Å². The van der Waals surface area contributed by atoms with E-state index in [0.717, 1.165) is 72.1 Å². The van der Waals surface area contributed by atoms with Gasteiger partial charge in [-0.2, -0.15) is 0 Å². The molecule has 3 nitrogen and oxygen atoms in total. The van der Waals surface area contributed by atoms with E-state index in [1.807, 2.05) is 18.2 Å². The first-order valence-corrected chi connectivity index (χ1v) is 19.8. The highest BCUT2D eigenvalue weighted by molar-refractivity contribution is 6.12. The Balaban J connectivity index is 1.13. The summed E-state index contributed by atoms with van der Waals surface area (Å²) in [6.07, 6.45) is 0. The molecule has 58 heavy (non-hydrogen) atoms. The van der Waals surface area contributed by atoms with Gasteiger partial charge in [0.15, 0.2) is 5.58 Å². The van der Waals surface area contributed by atoms with Crippen molar-refractivity contribution in [1.82, 2.24) is 0 Å². The Morgan fingerprint density at radius 3 is 1.55 bits per heavy atom. The molecule has 0 bridgehead atoms. The zero-order valence-electron chi connectivity index (χ0n) is 31.5. The summed E-state index contributed by atoms with van der Waals surface area (Å²) < 4.78 is 13.3. The molecule has 0 radical (unpaired) electrons. The molecule has 0 amide bonds. The van der Waals surface area contributed by atoms with Crippen molar-refractivity contribution < 1.29 is 8.83 Å². The van der Waals surface area contributed by atoms with E-state index in [4.69, 9.17) is 8.83 Å². The molecule has 0 saturated heterocycles.